The van der Waals surface area contributed by atoms with Crippen molar-refractivity contribution in [2.75, 3.05) is 0 Å². The maximum atomic E-state index is 11.8. The lowest BCUT2D eigenvalue weighted by molar-refractivity contribution is 0.0933. The van der Waals surface area contributed by atoms with Gasteiger partial charge in [0.1, 0.15) is 6.26 Å². The fraction of sp³-hybridized carbons (Fsp3) is 0.333. The highest BCUT2D eigenvalue weighted by atomic mass is 16.3. The Hall–Kier alpha value is -2.10. The monoisotopic (exact) mass is 258 g/mol. The minimum Gasteiger partial charge on any atom is -0.448 e. The van der Waals surface area contributed by atoms with Crippen molar-refractivity contribution in [2.45, 2.75) is 32.7 Å². The smallest absolute Gasteiger partial charge is 0.273 e. The Balaban J connectivity index is 1.81. The summed E-state index contributed by atoms with van der Waals surface area (Å²) < 4.78 is 5.02. The molecule has 0 aliphatic carbocycles. The van der Waals surface area contributed by atoms with Gasteiger partial charge in [-0.25, -0.2) is 4.98 Å². The maximum absolute atomic E-state index is 11.8. The number of benzene rings is 1. The Kier molecular flexibility index (Phi) is 4.34. The summed E-state index contributed by atoms with van der Waals surface area (Å²) in [7, 11) is 0. The molecule has 0 saturated heterocycles. The zero-order valence-corrected chi connectivity index (χ0v) is 11.2. The van der Waals surface area contributed by atoms with Gasteiger partial charge >= 0.3 is 0 Å². The lowest BCUT2D eigenvalue weighted by Gasteiger charge is -2.12. The number of nitrogens with zero attached hydrogens (tertiary/aromatic N) is 1. The van der Waals surface area contributed by atoms with Crippen LogP contribution in [0.5, 0.6) is 0 Å². The van der Waals surface area contributed by atoms with Crippen LogP contribution in [0.25, 0.3) is 0 Å². The zero-order chi connectivity index (χ0) is 13.7. The summed E-state index contributed by atoms with van der Waals surface area (Å²) in [6.45, 7) is 3.71. The van der Waals surface area contributed by atoms with Gasteiger partial charge in [-0.15, -0.1) is 0 Å². The van der Waals surface area contributed by atoms with E-state index in [9.17, 15) is 4.79 Å². The molecule has 1 aromatic carbocycles. The van der Waals surface area contributed by atoms with Gasteiger partial charge in [0.05, 0.1) is 0 Å². The molecule has 1 amide bonds. The topological polar surface area (TPSA) is 55.1 Å². The van der Waals surface area contributed by atoms with E-state index in [4.69, 9.17) is 4.42 Å². The Morgan fingerprint density at radius 2 is 2.11 bits per heavy atom. The number of aryl methyl sites for hydroxylation is 2. The Bertz CT molecular complexity index is 534. The van der Waals surface area contributed by atoms with Crippen LogP contribution in [0.3, 0.4) is 0 Å². The van der Waals surface area contributed by atoms with Gasteiger partial charge in [0.25, 0.3) is 5.91 Å². The predicted octanol–water partition coefficient (Wildman–Crippen LogP) is 2.73. The SMILES string of the molecule is Cc1nc(C(=O)NC(C)CCc2ccccc2)co1. The van der Waals surface area contributed by atoms with Crippen LogP contribution in [0.4, 0.5) is 0 Å². The van der Waals surface area contributed by atoms with Crippen LogP contribution >= 0.6 is 0 Å². The summed E-state index contributed by atoms with van der Waals surface area (Å²) in [6, 6.07) is 10.3. The van der Waals surface area contributed by atoms with E-state index in [0.717, 1.165) is 12.8 Å². The standard InChI is InChI=1S/C15H18N2O2/c1-11(8-9-13-6-4-3-5-7-13)16-15(18)14-10-19-12(2)17-14/h3-7,10-11H,8-9H2,1-2H3,(H,16,18). The first-order chi connectivity index (χ1) is 9.15. The number of hydrogen-bond donors (Lipinski definition) is 1. The first-order valence-corrected chi connectivity index (χ1v) is 6.42. The lowest BCUT2D eigenvalue weighted by Crippen LogP contribution is -2.33. The number of amides is 1. The molecule has 0 aliphatic heterocycles. The predicted molar refractivity (Wildman–Crippen MR) is 72.9 cm³/mol. The largest absolute Gasteiger partial charge is 0.448 e. The average Bonchev–Trinajstić information content (AvgIpc) is 2.84. The second-order valence-corrected chi connectivity index (χ2v) is 4.65. The molecular weight excluding hydrogens is 240 g/mol. The van der Waals surface area contributed by atoms with Crippen LogP contribution in [-0.2, 0) is 6.42 Å². The molecule has 4 nitrogen and oxygen atoms in total. The molecule has 1 heterocycles. The summed E-state index contributed by atoms with van der Waals surface area (Å²) in [4.78, 5) is 15.8. The zero-order valence-electron chi connectivity index (χ0n) is 11.2. The number of aromatic nitrogens is 1. The Labute approximate surface area is 112 Å². The van der Waals surface area contributed by atoms with Gasteiger partial charge in [0, 0.05) is 13.0 Å². The summed E-state index contributed by atoms with van der Waals surface area (Å²) in [5.74, 6) is 0.319. The quantitative estimate of drug-likeness (QED) is 0.897. The fourth-order valence-corrected chi connectivity index (χ4v) is 1.87. The van der Waals surface area contributed by atoms with Gasteiger partial charge < -0.3 is 9.73 Å². The first kappa shape index (κ1) is 13.3. The molecule has 0 aliphatic rings. The normalized spacial score (nSPS) is 12.1. The highest BCUT2D eigenvalue weighted by Gasteiger charge is 2.13. The van der Waals surface area contributed by atoms with Gasteiger partial charge in [-0.1, -0.05) is 30.3 Å². The highest BCUT2D eigenvalue weighted by Crippen LogP contribution is 2.06. The van der Waals surface area contributed by atoms with E-state index >= 15 is 0 Å². The number of nitrogens with one attached hydrogen (secondary N) is 1. The van der Waals surface area contributed by atoms with Crippen molar-refractivity contribution < 1.29 is 9.21 Å². The molecular formula is C15H18N2O2. The molecule has 4 heteroatoms. The number of hydrogen-bond acceptors (Lipinski definition) is 3. The van der Waals surface area contributed by atoms with Crippen LogP contribution in [0.15, 0.2) is 41.0 Å². The molecule has 0 fully saturated rings. The molecule has 0 saturated carbocycles. The molecule has 2 aromatic rings. The first-order valence-electron chi connectivity index (χ1n) is 6.42. The average molecular weight is 258 g/mol. The number of oxazole rings is 1. The lowest BCUT2D eigenvalue weighted by atomic mass is 10.1. The van der Waals surface area contributed by atoms with Crippen LogP contribution in [0, 0.1) is 6.92 Å². The van der Waals surface area contributed by atoms with E-state index in [1.165, 1.54) is 11.8 Å². The van der Waals surface area contributed by atoms with Crippen LogP contribution in [0.1, 0.15) is 35.3 Å². The van der Waals surface area contributed by atoms with E-state index in [0.29, 0.717) is 11.6 Å². The molecule has 1 atom stereocenters. The van der Waals surface area contributed by atoms with Crippen molar-refractivity contribution in [1.82, 2.24) is 10.3 Å². The van der Waals surface area contributed by atoms with E-state index in [-0.39, 0.29) is 11.9 Å². The Morgan fingerprint density at radius 1 is 1.37 bits per heavy atom. The minimum absolute atomic E-state index is 0.102. The third-order valence-electron chi connectivity index (χ3n) is 2.94. The van der Waals surface area contributed by atoms with Gasteiger partial charge in [0.2, 0.25) is 0 Å². The van der Waals surface area contributed by atoms with E-state index < -0.39 is 0 Å². The molecule has 0 bridgehead atoms. The molecule has 19 heavy (non-hydrogen) atoms. The molecule has 1 N–H and O–H groups in total. The number of carbonyl (C=O) groups excluding carboxylic acids is 1. The van der Waals surface area contributed by atoms with Crippen LogP contribution in [0.2, 0.25) is 0 Å². The van der Waals surface area contributed by atoms with Crippen molar-refractivity contribution in [3.63, 3.8) is 0 Å². The number of rotatable bonds is 5. The summed E-state index contributed by atoms with van der Waals surface area (Å²) in [6.07, 6.45) is 3.22. The molecule has 0 spiro atoms. The summed E-state index contributed by atoms with van der Waals surface area (Å²) in [5, 5.41) is 2.92. The summed E-state index contributed by atoms with van der Waals surface area (Å²) in [5.41, 5.74) is 1.62. The third kappa shape index (κ3) is 3.95. The molecule has 100 valence electrons. The van der Waals surface area contributed by atoms with E-state index in [1.54, 1.807) is 6.92 Å². The molecule has 0 radical (unpaired) electrons. The van der Waals surface area contributed by atoms with Gasteiger partial charge in [-0.3, -0.25) is 4.79 Å². The second-order valence-electron chi connectivity index (χ2n) is 4.65. The van der Waals surface area contributed by atoms with Crippen LogP contribution < -0.4 is 5.32 Å². The van der Waals surface area contributed by atoms with Gasteiger partial charge in [-0.2, -0.15) is 0 Å². The Morgan fingerprint density at radius 3 is 2.74 bits per heavy atom. The van der Waals surface area contributed by atoms with Crippen LogP contribution in [-0.4, -0.2) is 16.9 Å². The van der Waals surface area contributed by atoms with Crippen molar-refractivity contribution >= 4 is 5.91 Å². The van der Waals surface area contributed by atoms with E-state index in [1.807, 2.05) is 25.1 Å². The highest BCUT2D eigenvalue weighted by molar-refractivity contribution is 5.92. The number of carbonyl (C=O) groups is 1. The maximum Gasteiger partial charge on any atom is 0.273 e. The molecule has 2 rings (SSSR count). The molecule has 1 unspecified atom stereocenters. The van der Waals surface area contributed by atoms with Gasteiger partial charge in [-0.05, 0) is 25.3 Å². The van der Waals surface area contributed by atoms with E-state index in [2.05, 4.69) is 22.4 Å². The van der Waals surface area contributed by atoms with Gasteiger partial charge in [0.15, 0.2) is 11.6 Å². The van der Waals surface area contributed by atoms with Crippen molar-refractivity contribution in [2.24, 2.45) is 0 Å². The minimum atomic E-state index is -0.183. The summed E-state index contributed by atoms with van der Waals surface area (Å²) >= 11 is 0. The fourth-order valence-electron chi connectivity index (χ4n) is 1.87. The second kappa shape index (κ2) is 6.18. The third-order valence-corrected chi connectivity index (χ3v) is 2.94. The van der Waals surface area contributed by atoms with Crippen molar-refractivity contribution in [3.8, 4) is 0 Å². The molecule has 1 aromatic heterocycles. The van der Waals surface area contributed by atoms with Crippen molar-refractivity contribution in [1.29, 1.82) is 0 Å². The van der Waals surface area contributed by atoms with Crippen molar-refractivity contribution in [3.05, 3.63) is 53.7 Å².